The van der Waals surface area contributed by atoms with E-state index in [1.807, 2.05) is 5.38 Å². The maximum atomic E-state index is 13.0. The van der Waals surface area contributed by atoms with Gasteiger partial charge in [0.15, 0.2) is 11.6 Å². The van der Waals surface area contributed by atoms with Crippen LogP contribution >= 0.6 is 23.1 Å². The van der Waals surface area contributed by atoms with Gasteiger partial charge in [0.05, 0.1) is 0 Å². The molecule has 0 spiro atoms. The van der Waals surface area contributed by atoms with Crippen LogP contribution in [0.2, 0.25) is 0 Å². The van der Waals surface area contributed by atoms with Gasteiger partial charge in [-0.25, -0.2) is 13.8 Å². The Morgan fingerprint density at radius 1 is 1.35 bits per heavy atom. The Labute approximate surface area is 106 Å². The molecule has 0 aliphatic heterocycles. The van der Waals surface area contributed by atoms with Crippen LogP contribution in [0.1, 0.15) is 11.6 Å². The van der Waals surface area contributed by atoms with Crippen molar-refractivity contribution in [3.63, 3.8) is 0 Å². The third-order valence-corrected chi connectivity index (χ3v) is 4.25. The number of aromatic nitrogens is 1. The third kappa shape index (κ3) is 3.24. The normalized spacial score (nSPS) is 12.6. The van der Waals surface area contributed by atoms with Gasteiger partial charge in [-0.2, -0.15) is 0 Å². The van der Waals surface area contributed by atoms with Crippen molar-refractivity contribution >= 4 is 23.1 Å². The third-order valence-electron chi connectivity index (χ3n) is 2.17. The van der Waals surface area contributed by atoms with Crippen LogP contribution in [-0.2, 0) is 0 Å². The van der Waals surface area contributed by atoms with E-state index in [4.69, 9.17) is 5.73 Å². The molecule has 0 radical (unpaired) electrons. The Bertz CT molecular complexity index is 488. The molecule has 17 heavy (non-hydrogen) atoms. The number of hydrogen-bond acceptors (Lipinski definition) is 4. The standard InChI is InChI=1S/C11H10F2N2S2/c12-8-2-1-7(5-9(8)13)10(14)6-17-11-15-3-4-16-11/h1-5,10H,6,14H2. The molecule has 1 aromatic heterocycles. The number of thioether (sulfide) groups is 1. The number of halogens is 2. The second kappa shape index (κ2) is 5.57. The van der Waals surface area contributed by atoms with Gasteiger partial charge in [0.25, 0.3) is 0 Å². The summed E-state index contributed by atoms with van der Waals surface area (Å²) >= 11 is 3.03. The van der Waals surface area contributed by atoms with Crippen molar-refractivity contribution in [2.24, 2.45) is 5.73 Å². The summed E-state index contributed by atoms with van der Waals surface area (Å²) in [7, 11) is 0. The summed E-state index contributed by atoms with van der Waals surface area (Å²) in [6.07, 6.45) is 1.72. The molecule has 2 nitrogen and oxygen atoms in total. The van der Waals surface area contributed by atoms with Gasteiger partial charge in [0, 0.05) is 23.4 Å². The molecule has 2 rings (SSSR count). The number of thiazole rings is 1. The number of rotatable bonds is 4. The second-order valence-electron chi connectivity index (χ2n) is 3.39. The Morgan fingerprint density at radius 2 is 2.18 bits per heavy atom. The van der Waals surface area contributed by atoms with E-state index in [-0.39, 0.29) is 6.04 Å². The highest BCUT2D eigenvalue weighted by atomic mass is 32.2. The lowest BCUT2D eigenvalue weighted by atomic mass is 10.1. The van der Waals surface area contributed by atoms with Crippen molar-refractivity contribution in [3.8, 4) is 0 Å². The zero-order valence-corrected chi connectivity index (χ0v) is 10.4. The first-order valence-electron chi connectivity index (χ1n) is 4.89. The summed E-state index contributed by atoms with van der Waals surface area (Å²) in [5.41, 5.74) is 6.49. The highest BCUT2D eigenvalue weighted by molar-refractivity contribution is 8.01. The van der Waals surface area contributed by atoms with Crippen LogP contribution < -0.4 is 5.73 Å². The van der Waals surface area contributed by atoms with Crippen molar-refractivity contribution in [2.75, 3.05) is 5.75 Å². The molecule has 0 fully saturated rings. The van der Waals surface area contributed by atoms with Crippen LogP contribution in [0, 0.1) is 11.6 Å². The van der Waals surface area contributed by atoms with Crippen LogP contribution in [-0.4, -0.2) is 10.7 Å². The van der Waals surface area contributed by atoms with Crippen LogP contribution in [0.4, 0.5) is 8.78 Å². The van der Waals surface area contributed by atoms with E-state index in [1.54, 1.807) is 6.20 Å². The van der Waals surface area contributed by atoms with Crippen molar-refractivity contribution in [2.45, 2.75) is 10.4 Å². The minimum absolute atomic E-state index is 0.334. The zero-order chi connectivity index (χ0) is 12.3. The first-order valence-corrected chi connectivity index (χ1v) is 6.76. The number of benzene rings is 1. The molecule has 1 heterocycles. The van der Waals surface area contributed by atoms with Gasteiger partial charge in [-0.1, -0.05) is 17.8 Å². The van der Waals surface area contributed by atoms with Crippen LogP contribution in [0.3, 0.4) is 0 Å². The van der Waals surface area contributed by atoms with E-state index in [0.29, 0.717) is 11.3 Å². The molecule has 1 unspecified atom stereocenters. The van der Waals surface area contributed by atoms with E-state index < -0.39 is 11.6 Å². The van der Waals surface area contributed by atoms with Crippen molar-refractivity contribution in [1.82, 2.24) is 4.98 Å². The Balaban J connectivity index is 1.99. The summed E-state index contributed by atoms with van der Waals surface area (Å²) < 4.78 is 26.7. The molecule has 2 N–H and O–H groups in total. The molecule has 0 aliphatic rings. The van der Waals surface area contributed by atoms with Crippen LogP contribution in [0.15, 0.2) is 34.1 Å². The van der Waals surface area contributed by atoms with Gasteiger partial charge in [0.2, 0.25) is 0 Å². The molecule has 1 atom stereocenters. The van der Waals surface area contributed by atoms with Gasteiger partial charge in [0.1, 0.15) is 4.34 Å². The maximum Gasteiger partial charge on any atom is 0.159 e. The zero-order valence-electron chi connectivity index (χ0n) is 8.77. The highest BCUT2D eigenvalue weighted by Crippen LogP contribution is 2.25. The summed E-state index contributed by atoms with van der Waals surface area (Å²) in [6.45, 7) is 0. The fraction of sp³-hybridized carbons (Fsp3) is 0.182. The van der Waals surface area contributed by atoms with Crippen LogP contribution in [0.5, 0.6) is 0 Å². The monoisotopic (exact) mass is 272 g/mol. The molecule has 90 valence electrons. The molecular weight excluding hydrogens is 262 g/mol. The first kappa shape index (κ1) is 12.5. The molecule has 0 saturated carbocycles. The van der Waals surface area contributed by atoms with E-state index in [0.717, 1.165) is 16.5 Å². The van der Waals surface area contributed by atoms with Gasteiger partial charge in [-0.05, 0) is 17.7 Å². The summed E-state index contributed by atoms with van der Waals surface area (Å²) in [5, 5.41) is 1.88. The summed E-state index contributed by atoms with van der Waals surface area (Å²) in [6, 6.07) is 3.41. The highest BCUT2D eigenvalue weighted by Gasteiger charge is 2.10. The maximum absolute atomic E-state index is 13.0. The molecular formula is C11H10F2N2S2. The smallest absolute Gasteiger partial charge is 0.159 e. The largest absolute Gasteiger partial charge is 0.323 e. The van der Waals surface area contributed by atoms with Crippen molar-refractivity contribution < 1.29 is 8.78 Å². The average molecular weight is 272 g/mol. The van der Waals surface area contributed by atoms with Crippen molar-refractivity contribution in [1.29, 1.82) is 0 Å². The minimum Gasteiger partial charge on any atom is -0.323 e. The van der Waals surface area contributed by atoms with Crippen molar-refractivity contribution in [3.05, 3.63) is 47.0 Å². The quantitative estimate of drug-likeness (QED) is 0.869. The Kier molecular flexibility index (Phi) is 4.09. The fourth-order valence-corrected chi connectivity index (χ4v) is 2.93. The number of nitrogens with two attached hydrogens (primary N) is 1. The van der Waals surface area contributed by atoms with Gasteiger partial charge < -0.3 is 5.73 Å². The summed E-state index contributed by atoms with van der Waals surface area (Å²) in [4.78, 5) is 4.11. The second-order valence-corrected chi connectivity index (χ2v) is 5.55. The predicted octanol–water partition coefficient (Wildman–Crippen LogP) is 3.21. The minimum atomic E-state index is -0.864. The SMILES string of the molecule is NC(CSc1nccs1)c1ccc(F)c(F)c1. The fourth-order valence-electron chi connectivity index (χ4n) is 1.28. The van der Waals surface area contributed by atoms with Gasteiger partial charge >= 0.3 is 0 Å². The lowest BCUT2D eigenvalue weighted by Crippen LogP contribution is -2.13. The van der Waals surface area contributed by atoms with Gasteiger partial charge in [-0.15, -0.1) is 11.3 Å². The molecule has 1 aromatic carbocycles. The topological polar surface area (TPSA) is 38.9 Å². The Hall–Kier alpha value is -0.980. The molecule has 0 aliphatic carbocycles. The number of nitrogens with zero attached hydrogens (tertiary/aromatic N) is 1. The number of hydrogen-bond donors (Lipinski definition) is 1. The molecule has 0 bridgehead atoms. The molecule has 0 saturated heterocycles. The lowest BCUT2D eigenvalue weighted by Gasteiger charge is -2.10. The molecule has 0 amide bonds. The van der Waals surface area contributed by atoms with E-state index in [2.05, 4.69) is 4.98 Å². The molecule has 6 heteroatoms. The predicted molar refractivity (Wildman–Crippen MR) is 66.1 cm³/mol. The van der Waals surface area contributed by atoms with E-state index >= 15 is 0 Å². The first-order chi connectivity index (χ1) is 8.16. The average Bonchev–Trinajstić information content (AvgIpc) is 2.82. The molecule has 2 aromatic rings. The van der Waals surface area contributed by atoms with E-state index in [9.17, 15) is 8.78 Å². The lowest BCUT2D eigenvalue weighted by molar-refractivity contribution is 0.506. The van der Waals surface area contributed by atoms with E-state index in [1.165, 1.54) is 29.2 Å². The Morgan fingerprint density at radius 3 is 2.82 bits per heavy atom. The summed E-state index contributed by atoms with van der Waals surface area (Å²) in [5.74, 6) is -1.13. The van der Waals surface area contributed by atoms with Gasteiger partial charge in [-0.3, -0.25) is 0 Å². The van der Waals surface area contributed by atoms with Crippen LogP contribution in [0.25, 0.3) is 0 Å².